The Morgan fingerprint density at radius 1 is 1.57 bits per heavy atom. The molecule has 0 aromatic heterocycles. The van der Waals surface area contributed by atoms with E-state index < -0.39 is 0 Å². The average molecular weight is 198 g/mol. The highest BCUT2D eigenvalue weighted by Gasteiger charge is 2.18. The van der Waals surface area contributed by atoms with Crippen molar-refractivity contribution in [3.63, 3.8) is 0 Å². The Labute approximate surface area is 85.1 Å². The molecule has 1 saturated heterocycles. The summed E-state index contributed by atoms with van der Waals surface area (Å²) in [6.07, 6.45) is 6.75. The molecule has 3 nitrogen and oxygen atoms in total. The minimum Gasteiger partial charge on any atom is -0.353 e. The maximum Gasteiger partial charge on any atom is 0.158 e. The molecule has 2 atom stereocenters. The fraction of sp³-hybridized carbons (Fsp3) is 0.727. The highest BCUT2D eigenvalue weighted by atomic mass is 16.7. The molecule has 3 heteroatoms. The van der Waals surface area contributed by atoms with E-state index in [1.807, 2.05) is 0 Å². The van der Waals surface area contributed by atoms with Crippen LogP contribution in [0.4, 0.5) is 0 Å². The second-order valence-electron chi connectivity index (χ2n) is 3.47. The molecule has 0 aromatic carbocycles. The van der Waals surface area contributed by atoms with Crippen LogP contribution >= 0.6 is 0 Å². The molecule has 0 aliphatic carbocycles. The summed E-state index contributed by atoms with van der Waals surface area (Å²) < 4.78 is 10.9. The van der Waals surface area contributed by atoms with Gasteiger partial charge in [-0.3, -0.25) is 0 Å². The average Bonchev–Trinajstić information content (AvgIpc) is 2.25. The van der Waals surface area contributed by atoms with Crippen molar-refractivity contribution in [3.05, 3.63) is 12.7 Å². The quantitative estimate of drug-likeness (QED) is 0.484. The molecule has 0 spiro atoms. The molecule has 14 heavy (non-hydrogen) atoms. The van der Waals surface area contributed by atoms with Crippen molar-refractivity contribution in [1.82, 2.24) is 0 Å². The second kappa shape index (κ2) is 6.74. The van der Waals surface area contributed by atoms with E-state index >= 15 is 0 Å². The monoisotopic (exact) mass is 198 g/mol. The first-order valence-corrected chi connectivity index (χ1v) is 5.20. The van der Waals surface area contributed by atoms with Gasteiger partial charge in [-0.2, -0.15) is 0 Å². The van der Waals surface area contributed by atoms with Crippen LogP contribution in [0.1, 0.15) is 32.1 Å². The van der Waals surface area contributed by atoms with Gasteiger partial charge in [-0.15, -0.1) is 6.58 Å². The first-order valence-electron chi connectivity index (χ1n) is 5.20. The molecule has 0 N–H and O–H groups in total. The SMILES string of the molecule is C=CCC[C@H](C=O)OC1CCCCO1. The Balaban J connectivity index is 2.23. The van der Waals surface area contributed by atoms with Gasteiger partial charge < -0.3 is 14.3 Å². The summed E-state index contributed by atoms with van der Waals surface area (Å²) in [5.74, 6) is 0. The van der Waals surface area contributed by atoms with E-state index in [0.717, 1.165) is 38.6 Å². The lowest BCUT2D eigenvalue weighted by Gasteiger charge is -2.25. The van der Waals surface area contributed by atoms with Gasteiger partial charge in [0.25, 0.3) is 0 Å². The summed E-state index contributed by atoms with van der Waals surface area (Å²) in [7, 11) is 0. The first kappa shape index (κ1) is 11.4. The van der Waals surface area contributed by atoms with E-state index in [1.54, 1.807) is 6.08 Å². The number of hydrogen-bond donors (Lipinski definition) is 0. The zero-order valence-electron chi connectivity index (χ0n) is 8.48. The Morgan fingerprint density at radius 3 is 3.00 bits per heavy atom. The van der Waals surface area contributed by atoms with Crippen molar-refractivity contribution in [3.8, 4) is 0 Å². The lowest BCUT2D eigenvalue weighted by molar-refractivity contribution is -0.187. The molecule has 0 aromatic rings. The normalized spacial score (nSPS) is 24.1. The van der Waals surface area contributed by atoms with Gasteiger partial charge in [-0.1, -0.05) is 6.08 Å². The van der Waals surface area contributed by atoms with Crippen LogP contribution < -0.4 is 0 Å². The predicted octanol–water partition coefficient (Wildman–Crippen LogP) is 2.06. The Hall–Kier alpha value is -0.670. The van der Waals surface area contributed by atoms with Gasteiger partial charge in [-0.05, 0) is 32.1 Å². The molecule has 1 heterocycles. The molecule has 1 fully saturated rings. The molecule has 1 unspecified atom stereocenters. The van der Waals surface area contributed by atoms with E-state index in [0.29, 0.717) is 6.42 Å². The zero-order valence-corrected chi connectivity index (χ0v) is 8.48. The zero-order chi connectivity index (χ0) is 10.2. The van der Waals surface area contributed by atoms with Gasteiger partial charge in [0.05, 0.1) is 0 Å². The van der Waals surface area contributed by atoms with Crippen LogP contribution in [0.2, 0.25) is 0 Å². The molecule has 0 saturated carbocycles. The molecule has 0 amide bonds. The lowest BCUT2D eigenvalue weighted by Crippen LogP contribution is -2.28. The van der Waals surface area contributed by atoms with Crippen molar-refractivity contribution in [2.45, 2.75) is 44.5 Å². The van der Waals surface area contributed by atoms with Gasteiger partial charge in [0.2, 0.25) is 0 Å². The van der Waals surface area contributed by atoms with Crippen molar-refractivity contribution in [2.24, 2.45) is 0 Å². The van der Waals surface area contributed by atoms with E-state index in [4.69, 9.17) is 9.47 Å². The maximum absolute atomic E-state index is 10.7. The highest BCUT2D eigenvalue weighted by molar-refractivity contribution is 5.55. The van der Waals surface area contributed by atoms with Crippen molar-refractivity contribution >= 4 is 6.29 Å². The van der Waals surface area contributed by atoms with Crippen LogP contribution in [0, 0.1) is 0 Å². The van der Waals surface area contributed by atoms with Crippen LogP contribution in [-0.2, 0) is 14.3 Å². The minimum atomic E-state index is -0.337. The standard InChI is InChI=1S/C11H18O3/c1-2-3-6-10(9-12)14-11-7-4-5-8-13-11/h2,9-11H,1,3-8H2/t10-,11?/m1/s1. The molecule has 80 valence electrons. The third-order valence-corrected chi connectivity index (χ3v) is 2.27. The fourth-order valence-corrected chi connectivity index (χ4v) is 1.46. The van der Waals surface area contributed by atoms with Crippen molar-refractivity contribution < 1.29 is 14.3 Å². The summed E-state index contributed by atoms with van der Waals surface area (Å²) in [6, 6.07) is 0. The van der Waals surface area contributed by atoms with Gasteiger partial charge in [0.1, 0.15) is 12.4 Å². The summed E-state index contributed by atoms with van der Waals surface area (Å²) in [4.78, 5) is 10.7. The van der Waals surface area contributed by atoms with E-state index in [1.165, 1.54) is 0 Å². The van der Waals surface area contributed by atoms with Gasteiger partial charge in [0, 0.05) is 6.61 Å². The van der Waals surface area contributed by atoms with Gasteiger partial charge in [-0.25, -0.2) is 0 Å². The second-order valence-corrected chi connectivity index (χ2v) is 3.47. The Bertz CT molecular complexity index is 173. The number of hydrogen-bond acceptors (Lipinski definition) is 3. The number of carbonyl (C=O) groups is 1. The predicted molar refractivity (Wildman–Crippen MR) is 54.0 cm³/mol. The third-order valence-electron chi connectivity index (χ3n) is 2.27. The smallest absolute Gasteiger partial charge is 0.158 e. The number of carbonyl (C=O) groups excluding carboxylic acids is 1. The number of aldehydes is 1. The lowest BCUT2D eigenvalue weighted by atomic mass is 10.2. The van der Waals surface area contributed by atoms with Crippen LogP contribution in [-0.4, -0.2) is 25.3 Å². The largest absolute Gasteiger partial charge is 0.353 e. The fourth-order valence-electron chi connectivity index (χ4n) is 1.46. The number of ether oxygens (including phenoxy) is 2. The van der Waals surface area contributed by atoms with Crippen molar-refractivity contribution in [1.29, 1.82) is 0 Å². The Kier molecular flexibility index (Phi) is 5.49. The molecule has 1 aliphatic rings. The summed E-state index contributed by atoms with van der Waals surface area (Å²) in [5, 5.41) is 0. The number of allylic oxidation sites excluding steroid dienone is 1. The molecular weight excluding hydrogens is 180 g/mol. The molecular formula is C11H18O3. The summed E-state index contributed by atoms with van der Waals surface area (Å²) >= 11 is 0. The van der Waals surface area contributed by atoms with Crippen molar-refractivity contribution in [2.75, 3.05) is 6.61 Å². The van der Waals surface area contributed by atoms with E-state index in [2.05, 4.69) is 6.58 Å². The third kappa shape index (κ3) is 4.03. The summed E-state index contributed by atoms with van der Waals surface area (Å²) in [6.45, 7) is 4.36. The molecule has 0 radical (unpaired) electrons. The summed E-state index contributed by atoms with van der Waals surface area (Å²) in [5.41, 5.74) is 0. The molecule has 1 aliphatic heterocycles. The van der Waals surface area contributed by atoms with Gasteiger partial charge >= 0.3 is 0 Å². The minimum absolute atomic E-state index is 0.177. The van der Waals surface area contributed by atoms with E-state index in [9.17, 15) is 4.79 Å². The molecule has 0 bridgehead atoms. The number of rotatable bonds is 6. The topological polar surface area (TPSA) is 35.5 Å². The molecule has 1 rings (SSSR count). The maximum atomic E-state index is 10.7. The van der Waals surface area contributed by atoms with Crippen LogP contribution in [0.3, 0.4) is 0 Å². The van der Waals surface area contributed by atoms with E-state index in [-0.39, 0.29) is 12.4 Å². The Morgan fingerprint density at radius 2 is 2.43 bits per heavy atom. The van der Waals surface area contributed by atoms with Crippen LogP contribution in [0.15, 0.2) is 12.7 Å². The van der Waals surface area contributed by atoms with Crippen LogP contribution in [0.5, 0.6) is 0 Å². The van der Waals surface area contributed by atoms with Crippen LogP contribution in [0.25, 0.3) is 0 Å². The first-order chi connectivity index (χ1) is 6.86. The van der Waals surface area contributed by atoms with Gasteiger partial charge in [0.15, 0.2) is 6.29 Å². The highest BCUT2D eigenvalue weighted by Crippen LogP contribution is 2.16.